The number of ether oxygens (including phenoxy) is 1. The van der Waals surface area contributed by atoms with Crippen LogP contribution in [0, 0.1) is 5.92 Å². The molecule has 0 unspecified atom stereocenters. The van der Waals surface area contributed by atoms with E-state index in [4.69, 9.17) is 4.74 Å². The van der Waals surface area contributed by atoms with Crippen LogP contribution in [0.25, 0.3) is 0 Å². The largest absolute Gasteiger partial charge is 0.497 e. The number of fused-ring (bicyclic) bond motifs is 1. The maximum Gasteiger partial charge on any atom is 0.252 e. The number of benzene rings is 2. The molecule has 2 aromatic carbocycles. The molecule has 4 rings (SSSR count). The van der Waals surface area contributed by atoms with Crippen LogP contribution >= 0.6 is 0 Å². The van der Waals surface area contributed by atoms with Gasteiger partial charge in [-0.2, -0.15) is 5.10 Å². The van der Waals surface area contributed by atoms with Gasteiger partial charge < -0.3 is 4.74 Å². The molecule has 2 aromatic rings. The summed E-state index contributed by atoms with van der Waals surface area (Å²) in [6.45, 7) is 0.475. The molecule has 126 valence electrons. The predicted octanol–water partition coefficient (Wildman–Crippen LogP) is 1.56. The van der Waals surface area contributed by atoms with Crippen LogP contribution in [0.1, 0.15) is 11.1 Å². The SMILES string of the molecule is COc1ccc(C2=NN(Cc3ccccc3)[C@H]3C(=O)NC(=O)[C@@H]23)cc1. The molecule has 0 aliphatic carbocycles. The summed E-state index contributed by atoms with van der Waals surface area (Å²) in [5.41, 5.74) is 2.47. The maximum absolute atomic E-state index is 12.3. The summed E-state index contributed by atoms with van der Waals surface area (Å²) >= 11 is 0. The van der Waals surface area contributed by atoms with Crippen molar-refractivity contribution in [3.63, 3.8) is 0 Å². The van der Waals surface area contributed by atoms with Crippen molar-refractivity contribution in [1.29, 1.82) is 0 Å². The zero-order valence-electron chi connectivity index (χ0n) is 13.7. The second kappa shape index (κ2) is 6.05. The summed E-state index contributed by atoms with van der Waals surface area (Å²) in [5, 5.41) is 8.76. The zero-order chi connectivity index (χ0) is 17.4. The molecule has 0 radical (unpaired) electrons. The van der Waals surface area contributed by atoms with Crippen molar-refractivity contribution in [2.75, 3.05) is 7.11 Å². The normalized spacial score (nSPS) is 21.8. The predicted molar refractivity (Wildman–Crippen MR) is 91.9 cm³/mol. The number of carbonyl (C=O) groups excluding carboxylic acids is 2. The molecule has 0 bridgehead atoms. The molecular formula is C19H17N3O3. The van der Waals surface area contributed by atoms with Crippen LogP contribution in [0.15, 0.2) is 59.7 Å². The molecule has 2 aliphatic heterocycles. The van der Waals surface area contributed by atoms with Gasteiger partial charge in [-0.15, -0.1) is 0 Å². The van der Waals surface area contributed by atoms with E-state index in [1.165, 1.54) is 0 Å². The number of nitrogens with zero attached hydrogens (tertiary/aromatic N) is 2. The fraction of sp³-hybridized carbons (Fsp3) is 0.211. The van der Waals surface area contributed by atoms with Gasteiger partial charge in [0.15, 0.2) is 0 Å². The van der Waals surface area contributed by atoms with Gasteiger partial charge in [0.05, 0.1) is 19.4 Å². The van der Waals surface area contributed by atoms with Crippen molar-refractivity contribution in [2.24, 2.45) is 11.0 Å². The lowest BCUT2D eigenvalue weighted by atomic mass is 9.93. The van der Waals surface area contributed by atoms with Crippen molar-refractivity contribution < 1.29 is 14.3 Å². The fourth-order valence-electron chi connectivity index (χ4n) is 3.32. The Kier molecular flexibility index (Phi) is 3.72. The van der Waals surface area contributed by atoms with Crippen LogP contribution in [-0.2, 0) is 16.1 Å². The lowest BCUT2D eigenvalue weighted by molar-refractivity contribution is -0.126. The molecule has 0 aromatic heterocycles. The van der Waals surface area contributed by atoms with Gasteiger partial charge in [-0.25, -0.2) is 0 Å². The van der Waals surface area contributed by atoms with Crippen LogP contribution in [0.3, 0.4) is 0 Å². The third kappa shape index (κ3) is 2.65. The highest BCUT2D eigenvalue weighted by molar-refractivity contribution is 6.23. The van der Waals surface area contributed by atoms with Gasteiger partial charge in [0.2, 0.25) is 5.91 Å². The van der Waals surface area contributed by atoms with E-state index in [-0.39, 0.29) is 11.8 Å². The zero-order valence-corrected chi connectivity index (χ0v) is 13.7. The third-order valence-corrected chi connectivity index (χ3v) is 4.54. The average molecular weight is 335 g/mol. The van der Waals surface area contributed by atoms with E-state index in [2.05, 4.69) is 10.4 Å². The number of carbonyl (C=O) groups is 2. The summed E-state index contributed by atoms with van der Waals surface area (Å²) in [6, 6.07) is 16.5. The molecule has 2 heterocycles. The Balaban J connectivity index is 1.70. The third-order valence-electron chi connectivity index (χ3n) is 4.54. The molecule has 1 saturated heterocycles. The number of hydrogen-bond acceptors (Lipinski definition) is 5. The summed E-state index contributed by atoms with van der Waals surface area (Å²) in [5.74, 6) is -0.435. The molecule has 2 atom stereocenters. The molecule has 6 heteroatoms. The number of methoxy groups -OCH3 is 1. The van der Waals surface area contributed by atoms with Gasteiger partial charge in [-0.3, -0.25) is 19.9 Å². The van der Waals surface area contributed by atoms with Crippen molar-refractivity contribution in [2.45, 2.75) is 12.6 Å². The van der Waals surface area contributed by atoms with Crippen molar-refractivity contribution in [3.05, 3.63) is 65.7 Å². The van der Waals surface area contributed by atoms with E-state index in [0.29, 0.717) is 12.3 Å². The number of hydrazone groups is 1. The average Bonchev–Trinajstić information content (AvgIpc) is 3.15. The van der Waals surface area contributed by atoms with E-state index in [9.17, 15) is 9.59 Å². The first-order valence-corrected chi connectivity index (χ1v) is 8.05. The highest BCUT2D eigenvalue weighted by atomic mass is 16.5. The monoisotopic (exact) mass is 335 g/mol. The van der Waals surface area contributed by atoms with Crippen LogP contribution in [0.2, 0.25) is 0 Å². The van der Waals surface area contributed by atoms with Gasteiger partial charge in [0.25, 0.3) is 5.91 Å². The first kappa shape index (κ1) is 15.4. The van der Waals surface area contributed by atoms with Crippen LogP contribution in [-0.4, -0.2) is 35.7 Å². The van der Waals surface area contributed by atoms with E-state index < -0.39 is 12.0 Å². The second-order valence-electron chi connectivity index (χ2n) is 6.07. The fourth-order valence-corrected chi connectivity index (χ4v) is 3.32. The summed E-state index contributed by atoms with van der Waals surface area (Å²) in [4.78, 5) is 24.6. The molecule has 0 saturated carbocycles. The molecular weight excluding hydrogens is 318 g/mol. The van der Waals surface area contributed by atoms with E-state index >= 15 is 0 Å². The van der Waals surface area contributed by atoms with Gasteiger partial charge in [-0.05, 0) is 35.4 Å². The smallest absolute Gasteiger partial charge is 0.252 e. The number of amides is 2. The molecule has 25 heavy (non-hydrogen) atoms. The molecule has 1 N–H and O–H groups in total. The number of nitrogens with one attached hydrogen (secondary N) is 1. The highest BCUT2D eigenvalue weighted by Crippen LogP contribution is 2.31. The first-order chi connectivity index (χ1) is 12.2. The Hall–Kier alpha value is -3.15. The van der Waals surface area contributed by atoms with Crippen LogP contribution in [0.5, 0.6) is 5.75 Å². The van der Waals surface area contributed by atoms with E-state index in [1.54, 1.807) is 12.1 Å². The summed E-state index contributed by atoms with van der Waals surface area (Å²) in [6.07, 6.45) is 0. The van der Waals surface area contributed by atoms with Gasteiger partial charge in [0.1, 0.15) is 17.7 Å². The second-order valence-corrected chi connectivity index (χ2v) is 6.07. The Morgan fingerprint density at radius 2 is 1.76 bits per heavy atom. The summed E-state index contributed by atoms with van der Waals surface area (Å²) in [7, 11) is 1.60. The van der Waals surface area contributed by atoms with Gasteiger partial charge in [0, 0.05) is 0 Å². The quantitative estimate of drug-likeness (QED) is 0.861. The minimum Gasteiger partial charge on any atom is -0.497 e. The topological polar surface area (TPSA) is 71.0 Å². The Morgan fingerprint density at radius 3 is 2.44 bits per heavy atom. The summed E-state index contributed by atoms with van der Waals surface area (Å²) < 4.78 is 5.17. The lowest BCUT2D eigenvalue weighted by Crippen LogP contribution is -2.37. The van der Waals surface area contributed by atoms with Crippen LogP contribution < -0.4 is 10.1 Å². The Bertz CT molecular complexity index is 846. The van der Waals surface area contributed by atoms with E-state index in [1.807, 2.05) is 54.6 Å². The van der Waals surface area contributed by atoms with Crippen molar-refractivity contribution in [1.82, 2.24) is 10.3 Å². The number of rotatable bonds is 4. The lowest BCUT2D eigenvalue weighted by Gasteiger charge is -2.20. The minimum absolute atomic E-state index is 0.292. The maximum atomic E-state index is 12.3. The Morgan fingerprint density at radius 1 is 1.04 bits per heavy atom. The molecule has 1 fully saturated rings. The molecule has 0 spiro atoms. The highest BCUT2D eigenvalue weighted by Gasteiger charge is 2.52. The van der Waals surface area contributed by atoms with Gasteiger partial charge in [-0.1, -0.05) is 30.3 Å². The molecule has 2 aliphatic rings. The van der Waals surface area contributed by atoms with Crippen LogP contribution in [0.4, 0.5) is 0 Å². The number of hydrogen-bond donors (Lipinski definition) is 1. The first-order valence-electron chi connectivity index (χ1n) is 8.05. The molecule has 2 amide bonds. The minimum atomic E-state index is -0.593. The van der Waals surface area contributed by atoms with Gasteiger partial charge >= 0.3 is 0 Å². The molecule has 6 nitrogen and oxygen atoms in total. The van der Waals surface area contributed by atoms with E-state index in [0.717, 1.165) is 16.9 Å². The van der Waals surface area contributed by atoms with Crippen molar-refractivity contribution in [3.8, 4) is 5.75 Å². The van der Waals surface area contributed by atoms with Crippen molar-refractivity contribution >= 4 is 17.5 Å². The Labute approximate surface area is 145 Å². The standard InChI is InChI=1S/C19H17N3O3/c1-25-14-9-7-13(8-10-14)16-15-17(19(24)20-18(15)23)22(21-16)11-12-5-3-2-4-6-12/h2-10,15,17H,11H2,1H3,(H,20,23,24)/t15-,17+/m0/s1. The number of imide groups is 1.